The molecular formula is C12H16FNO. The highest BCUT2D eigenvalue weighted by molar-refractivity contribution is 5.92. The van der Waals surface area contributed by atoms with Crippen molar-refractivity contribution in [3.05, 3.63) is 35.1 Å². The van der Waals surface area contributed by atoms with Crippen LogP contribution in [0.15, 0.2) is 18.2 Å². The van der Waals surface area contributed by atoms with Gasteiger partial charge in [0.05, 0.1) is 0 Å². The summed E-state index contributed by atoms with van der Waals surface area (Å²) in [5, 5.41) is 0. The summed E-state index contributed by atoms with van der Waals surface area (Å²) < 4.78 is 13.7. The van der Waals surface area contributed by atoms with E-state index < -0.39 is 5.91 Å². The van der Waals surface area contributed by atoms with Crippen molar-refractivity contribution >= 4 is 5.91 Å². The van der Waals surface area contributed by atoms with Crippen LogP contribution in [0.3, 0.4) is 0 Å². The van der Waals surface area contributed by atoms with E-state index in [1.165, 1.54) is 6.07 Å². The van der Waals surface area contributed by atoms with Gasteiger partial charge in [-0.25, -0.2) is 4.39 Å². The Kier molecular flexibility index (Phi) is 3.12. The van der Waals surface area contributed by atoms with Crippen LogP contribution in [-0.4, -0.2) is 5.91 Å². The number of carbonyl (C=O) groups is 1. The molecule has 1 rings (SSSR count). The molecule has 15 heavy (non-hydrogen) atoms. The van der Waals surface area contributed by atoms with Gasteiger partial charge in [-0.2, -0.15) is 0 Å². The molecule has 0 atom stereocenters. The van der Waals surface area contributed by atoms with Crippen molar-refractivity contribution in [3.8, 4) is 0 Å². The molecule has 3 heteroatoms. The number of carbonyl (C=O) groups excluding carboxylic acids is 1. The zero-order chi connectivity index (χ0) is 11.6. The molecular weight excluding hydrogens is 193 g/mol. The summed E-state index contributed by atoms with van der Waals surface area (Å²) in [4.78, 5) is 10.8. The topological polar surface area (TPSA) is 43.1 Å². The summed E-state index contributed by atoms with van der Waals surface area (Å²) in [6.07, 6.45) is 0.833. The van der Waals surface area contributed by atoms with Gasteiger partial charge in [-0.05, 0) is 29.5 Å². The number of primary amides is 1. The first-order valence-corrected chi connectivity index (χ1v) is 4.98. The predicted molar refractivity (Wildman–Crippen MR) is 58.2 cm³/mol. The number of benzene rings is 1. The van der Waals surface area contributed by atoms with E-state index in [9.17, 15) is 9.18 Å². The molecule has 0 unspecified atom stereocenters. The van der Waals surface area contributed by atoms with E-state index in [0.717, 1.165) is 6.42 Å². The highest BCUT2D eigenvalue weighted by Crippen LogP contribution is 2.29. The van der Waals surface area contributed by atoms with Gasteiger partial charge >= 0.3 is 0 Å². The van der Waals surface area contributed by atoms with Crippen molar-refractivity contribution in [2.24, 2.45) is 5.73 Å². The molecule has 0 saturated heterocycles. The maximum Gasteiger partial charge on any atom is 0.248 e. The second-order valence-corrected chi connectivity index (χ2v) is 4.30. The molecule has 0 saturated carbocycles. The molecule has 0 aliphatic heterocycles. The lowest BCUT2D eigenvalue weighted by molar-refractivity contribution is 0.0999. The first kappa shape index (κ1) is 11.7. The molecule has 1 aromatic rings. The van der Waals surface area contributed by atoms with Crippen LogP contribution in [0.5, 0.6) is 0 Å². The lowest BCUT2D eigenvalue weighted by Gasteiger charge is -2.23. The van der Waals surface area contributed by atoms with Crippen LogP contribution in [-0.2, 0) is 5.41 Å². The van der Waals surface area contributed by atoms with Crippen LogP contribution in [0.4, 0.5) is 4.39 Å². The number of nitrogens with two attached hydrogens (primary N) is 1. The van der Waals surface area contributed by atoms with Gasteiger partial charge in [0.15, 0.2) is 0 Å². The highest BCUT2D eigenvalue weighted by Gasteiger charge is 2.22. The van der Waals surface area contributed by atoms with Gasteiger partial charge in [-0.15, -0.1) is 0 Å². The summed E-state index contributed by atoms with van der Waals surface area (Å²) in [7, 11) is 0. The van der Waals surface area contributed by atoms with Gasteiger partial charge in [0.1, 0.15) is 5.82 Å². The molecule has 1 amide bonds. The number of hydrogen-bond acceptors (Lipinski definition) is 1. The van der Waals surface area contributed by atoms with E-state index in [1.807, 2.05) is 20.8 Å². The standard InChI is InChI=1S/C12H16FNO/c1-4-12(2,3)9-6-5-8(11(14)15)7-10(9)13/h5-7H,4H2,1-3H3,(H2,14,15). The second-order valence-electron chi connectivity index (χ2n) is 4.30. The fourth-order valence-electron chi connectivity index (χ4n) is 1.41. The minimum absolute atomic E-state index is 0.211. The third kappa shape index (κ3) is 2.35. The Morgan fingerprint density at radius 3 is 2.47 bits per heavy atom. The molecule has 0 aliphatic rings. The van der Waals surface area contributed by atoms with Gasteiger partial charge in [0, 0.05) is 5.56 Å². The van der Waals surface area contributed by atoms with E-state index in [2.05, 4.69) is 0 Å². The predicted octanol–water partition coefficient (Wildman–Crippen LogP) is 2.61. The Morgan fingerprint density at radius 1 is 1.47 bits per heavy atom. The van der Waals surface area contributed by atoms with E-state index >= 15 is 0 Å². The van der Waals surface area contributed by atoms with Gasteiger partial charge < -0.3 is 5.73 Å². The zero-order valence-electron chi connectivity index (χ0n) is 9.30. The summed E-state index contributed by atoms with van der Waals surface area (Å²) in [5.41, 5.74) is 5.68. The average Bonchev–Trinajstić information content (AvgIpc) is 2.17. The van der Waals surface area contributed by atoms with Crippen LogP contribution in [0, 0.1) is 5.82 Å². The minimum atomic E-state index is -0.602. The third-order valence-corrected chi connectivity index (χ3v) is 2.87. The highest BCUT2D eigenvalue weighted by atomic mass is 19.1. The minimum Gasteiger partial charge on any atom is -0.366 e. The van der Waals surface area contributed by atoms with Crippen LogP contribution >= 0.6 is 0 Å². The summed E-state index contributed by atoms with van der Waals surface area (Å²) >= 11 is 0. The van der Waals surface area contributed by atoms with Crippen molar-refractivity contribution in [1.82, 2.24) is 0 Å². The van der Waals surface area contributed by atoms with Gasteiger partial charge in [-0.3, -0.25) is 4.79 Å². The first-order chi connectivity index (χ1) is 6.88. The normalized spacial score (nSPS) is 11.5. The van der Waals surface area contributed by atoms with Crippen molar-refractivity contribution in [2.75, 3.05) is 0 Å². The molecule has 82 valence electrons. The fraction of sp³-hybridized carbons (Fsp3) is 0.417. The van der Waals surface area contributed by atoms with Crippen LogP contribution in [0.2, 0.25) is 0 Å². The van der Waals surface area contributed by atoms with E-state index in [4.69, 9.17) is 5.73 Å². The monoisotopic (exact) mass is 209 g/mol. The fourth-order valence-corrected chi connectivity index (χ4v) is 1.41. The molecule has 0 radical (unpaired) electrons. The van der Waals surface area contributed by atoms with Crippen LogP contribution < -0.4 is 5.73 Å². The smallest absolute Gasteiger partial charge is 0.248 e. The Balaban J connectivity index is 3.19. The number of rotatable bonds is 3. The Morgan fingerprint density at radius 2 is 2.07 bits per heavy atom. The Bertz CT molecular complexity index is 385. The molecule has 0 bridgehead atoms. The quantitative estimate of drug-likeness (QED) is 0.817. The lowest BCUT2D eigenvalue weighted by Crippen LogP contribution is -2.19. The van der Waals surface area contributed by atoms with E-state index in [-0.39, 0.29) is 16.8 Å². The third-order valence-electron chi connectivity index (χ3n) is 2.87. The average molecular weight is 209 g/mol. The number of hydrogen-bond donors (Lipinski definition) is 1. The van der Waals surface area contributed by atoms with Crippen molar-refractivity contribution in [1.29, 1.82) is 0 Å². The molecule has 2 nitrogen and oxygen atoms in total. The molecule has 0 heterocycles. The number of halogens is 1. The van der Waals surface area contributed by atoms with E-state index in [1.54, 1.807) is 12.1 Å². The molecule has 0 aliphatic carbocycles. The zero-order valence-corrected chi connectivity index (χ0v) is 9.30. The van der Waals surface area contributed by atoms with Crippen LogP contribution in [0.25, 0.3) is 0 Å². The summed E-state index contributed by atoms with van der Waals surface area (Å²) in [5.74, 6) is -0.965. The van der Waals surface area contributed by atoms with Crippen LogP contribution in [0.1, 0.15) is 43.1 Å². The maximum absolute atomic E-state index is 13.7. The van der Waals surface area contributed by atoms with Gasteiger partial charge in [-0.1, -0.05) is 26.8 Å². The second kappa shape index (κ2) is 4.01. The summed E-state index contributed by atoms with van der Waals surface area (Å²) in [6.45, 7) is 5.94. The number of amides is 1. The van der Waals surface area contributed by atoms with Gasteiger partial charge in [0.2, 0.25) is 5.91 Å². The first-order valence-electron chi connectivity index (χ1n) is 4.98. The molecule has 1 aromatic carbocycles. The lowest BCUT2D eigenvalue weighted by atomic mass is 9.81. The summed E-state index contributed by atoms with van der Waals surface area (Å²) in [6, 6.07) is 4.41. The molecule has 0 aromatic heterocycles. The Labute approximate surface area is 89.3 Å². The Hall–Kier alpha value is -1.38. The largest absolute Gasteiger partial charge is 0.366 e. The SMILES string of the molecule is CCC(C)(C)c1ccc(C(N)=O)cc1F. The van der Waals surface area contributed by atoms with E-state index in [0.29, 0.717) is 5.56 Å². The van der Waals surface area contributed by atoms with Crippen molar-refractivity contribution in [3.63, 3.8) is 0 Å². The van der Waals surface area contributed by atoms with Crippen molar-refractivity contribution in [2.45, 2.75) is 32.6 Å². The maximum atomic E-state index is 13.7. The molecule has 0 spiro atoms. The molecule has 2 N–H and O–H groups in total. The van der Waals surface area contributed by atoms with Crippen molar-refractivity contribution < 1.29 is 9.18 Å². The molecule has 0 fully saturated rings. The van der Waals surface area contributed by atoms with Gasteiger partial charge in [0.25, 0.3) is 0 Å².